The summed E-state index contributed by atoms with van der Waals surface area (Å²) in [5, 5.41) is 12.2. The summed E-state index contributed by atoms with van der Waals surface area (Å²) in [6.07, 6.45) is 12.1. The van der Waals surface area contributed by atoms with Crippen LogP contribution in [0.4, 0.5) is 0 Å². The molecule has 1 unspecified atom stereocenters. The Kier molecular flexibility index (Phi) is 5.69. The molecule has 4 aliphatic rings. The van der Waals surface area contributed by atoms with Crippen molar-refractivity contribution in [2.75, 3.05) is 0 Å². The molecule has 31 heavy (non-hydrogen) atoms. The van der Waals surface area contributed by atoms with Gasteiger partial charge in [0.2, 0.25) is 0 Å². The lowest BCUT2D eigenvalue weighted by molar-refractivity contribution is -0.143. The molecule has 0 aromatic rings. The van der Waals surface area contributed by atoms with Crippen LogP contribution in [0.3, 0.4) is 0 Å². The summed E-state index contributed by atoms with van der Waals surface area (Å²) >= 11 is 0. The van der Waals surface area contributed by atoms with Crippen molar-refractivity contribution >= 4 is 11.6 Å². The van der Waals surface area contributed by atoms with Crippen molar-refractivity contribution in [1.82, 2.24) is 0 Å². The number of allylic oxidation sites excluding steroid dienone is 3. The van der Waals surface area contributed by atoms with Gasteiger partial charge in [-0.15, -0.1) is 0 Å². The number of hydrogen-bond donors (Lipinski definition) is 1. The lowest BCUT2D eigenvalue weighted by atomic mass is 9.46. The van der Waals surface area contributed by atoms with E-state index >= 15 is 0 Å². The van der Waals surface area contributed by atoms with Crippen LogP contribution in [0.15, 0.2) is 23.8 Å². The summed E-state index contributed by atoms with van der Waals surface area (Å²) in [5.41, 5.74) is -0.262. The van der Waals surface area contributed by atoms with Crippen LogP contribution in [-0.2, 0) is 9.59 Å². The average molecular weight is 427 g/mol. The summed E-state index contributed by atoms with van der Waals surface area (Å²) in [7, 11) is 0. The fourth-order valence-corrected chi connectivity index (χ4v) is 7.73. The second kappa shape index (κ2) is 7.68. The molecule has 0 aromatic carbocycles. The van der Waals surface area contributed by atoms with Crippen molar-refractivity contribution in [2.24, 2.45) is 46.3 Å². The Morgan fingerprint density at radius 3 is 2.39 bits per heavy atom. The van der Waals surface area contributed by atoms with E-state index in [1.165, 1.54) is 0 Å². The molecule has 172 valence electrons. The van der Waals surface area contributed by atoms with Crippen LogP contribution in [0.25, 0.3) is 0 Å². The highest BCUT2D eigenvalue weighted by Gasteiger charge is 2.66. The fraction of sp³-hybridized carbons (Fsp3) is 0.786. The topological polar surface area (TPSA) is 54.4 Å². The third kappa shape index (κ3) is 3.33. The highest BCUT2D eigenvalue weighted by Crippen LogP contribution is 2.67. The summed E-state index contributed by atoms with van der Waals surface area (Å²) in [5.74, 6) is 2.36. The number of carbonyl (C=O) groups excluding carboxylic acids is 2. The molecule has 0 aromatic heterocycles. The van der Waals surface area contributed by atoms with Crippen LogP contribution >= 0.6 is 0 Å². The van der Waals surface area contributed by atoms with Crippen LogP contribution in [0.1, 0.15) is 86.5 Å². The van der Waals surface area contributed by atoms with Crippen LogP contribution in [-0.4, -0.2) is 22.3 Å². The van der Waals surface area contributed by atoms with Crippen molar-refractivity contribution in [1.29, 1.82) is 0 Å². The predicted octanol–water partition coefficient (Wildman–Crippen LogP) is 5.91. The summed E-state index contributed by atoms with van der Waals surface area (Å²) in [6.45, 7) is 13.6. The average Bonchev–Trinajstić information content (AvgIpc) is 2.99. The molecule has 3 heteroatoms. The first kappa shape index (κ1) is 23.0. The van der Waals surface area contributed by atoms with E-state index in [-0.39, 0.29) is 34.2 Å². The molecular weight excluding hydrogens is 384 g/mol. The van der Waals surface area contributed by atoms with Crippen molar-refractivity contribution in [2.45, 2.75) is 92.1 Å². The van der Waals surface area contributed by atoms with Gasteiger partial charge in [-0.05, 0) is 78.8 Å². The zero-order valence-corrected chi connectivity index (χ0v) is 20.4. The lowest BCUT2D eigenvalue weighted by Gasteiger charge is -2.59. The molecule has 3 fully saturated rings. The van der Waals surface area contributed by atoms with Gasteiger partial charge in [0.05, 0.1) is 5.60 Å². The fourth-order valence-electron chi connectivity index (χ4n) is 7.73. The molecule has 8 atom stereocenters. The standard InChI is InChI=1S/C28H42O3/c1-17(2)18(3)7-8-19(4)21-11-14-28(31)23-16-25(30)24-15-20(29)9-12-26(24,5)22(23)10-13-27(21,28)6/h7-8,16-19,21-22,24,31H,9-15H2,1-6H3/b8-7+/t18-,19+,21+,22-,24?,26+,27+,28+/m0/s1. The smallest absolute Gasteiger partial charge is 0.159 e. The number of Topliss-reactive ketones (excluding diaryl/α,β-unsaturated/α-hetero) is 1. The van der Waals surface area contributed by atoms with Gasteiger partial charge in [-0.25, -0.2) is 0 Å². The maximum Gasteiger partial charge on any atom is 0.159 e. The Hall–Kier alpha value is -1.22. The molecule has 0 bridgehead atoms. The Morgan fingerprint density at radius 2 is 1.71 bits per heavy atom. The quantitative estimate of drug-likeness (QED) is 0.568. The van der Waals surface area contributed by atoms with Gasteiger partial charge in [0.25, 0.3) is 0 Å². The molecule has 0 amide bonds. The van der Waals surface area contributed by atoms with Crippen LogP contribution < -0.4 is 0 Å². The third-order valence-corrected chi connectivity index (χ3v) is 10.4. The summed E-state index contributed by atoms with van der Waals surface area (Å²) in [4.78, 5) is 25.3. The van der Waals surface area contributed by atoms with Crippen molar-refractivity contribution in [3.8, 4) is 0 Å². The monoisotopic (exact) mass is 426 g/mol. The number of carbonyl (C=O) groups is 2. The normalized spacial score (nSPS) is 44.6. The first-order chi connectivity index (χ1) is 14.4. The highest BCUT2D eigenvalue weighted by molar-refractivity contribution is 5.98. The van der Waals surface area contributed by atoms with E-state index in [0.717, 1.165) is 37.7 Å². The van der Waals surface area contributed by atoms with E-state index in [4.69, 9.17) is 0 Å². The Morgan fingerprint density at radius 1 is 1.00 bits per heavy atom. The molecule has 4 rings (SSSR count). The second-order valence-electron chi connectivity index (χ2n) is 12.2. The van der Waals surface area contributed by atoms with Crippen LogP contribution in [0.5, 0.6) is 0 Å². The van der Waals surface area contributed by atoms with E-state index < -0.39 is 5.60 Å². The molecular formula is C28H42O3. The minimum absolute atomic E-state index is 0.0848. The van der Waals surface area contributed by atoms with Gasteiger partial charge in [0.1, 0.15) is 5.78 Å². The molecule has 0 radical (unpaired) electrons. The predicted molar refractivity (Wildman–Crippen MR) is 124 cm³/mol. The summed E-state index contributed by atoms with van der Waals surface area (Å²) in [6, 6.07) is 0. The number of hydrogen-bond acceptors (Lipinski definition) is 3. The van der Waals surface area contributed by atoms with E-state index in [2.05, 4.69) is 53.7 Å². The number of fused-ring (bicyclic) bond motifs is 5. The van der Waals surface area contributed by atoms with Gasteiger partial charge in [0, 0.05) is 24.2 Å². The van der Waals surface area contributed by atoms with Gasteiger partial charge >= 0.3 is 0 Å². The molecule has 0 heterocycles. The maximum atomic E-state index is 13.2. The largest absolute Gasteiger partial charge is 0.385 e. The van der Waals surface area contributed by atoms with E-state index in [1.54, 1.807) is 6.08 Å². The van der Waals surface area contributed by atoms with Gasteiger partial charge in [-0.3, -0.25) is 9.59 Å². The van der Waals surface area contributed by atoms with Crippen LogP contribution in [0.2, 0.25) is 0 Å². The van der Waals surface area contributed by atoms with Crippen molar-refractivity contribution in [3.63, 3.8) is 0 Å². The summed E-state index contributed by atoms with van der Waals surface area (Å²) < 4.78 is 0. The maximum absolute atomic E-state index is 13.2. The van der Waals surface area contributed by atoms with Gasteiger partial charge in [0.15, 0.2) is 5.78 Å². The van der Waals surface area contributed by atoms with Gasteiger partial charge in [-0.1, -0.05) is 53.7 Å². The first-order valence-electron chi connectivity index (χ1n) is 12.6. The minimum atomic E-state index is -0.891. The molecule has 0 aliphatic heterocycles. The number of ketones is 2. The molecule has 0 spiro atoms. The molecule has 4 aliphatic carbocycles. The number of aliphatic hydroxyl groups is 1. The van der Waals surface area contributed by atoms with E-state index in [9.17, 15) is 14.7 Å². The number of rotatable bonds is 4. The minimum Gasteiger partial charge on any atom is -0.385 e. The van der Waals surface area contributed by atoms with Gasteiger partial charge in [-0.2, -0.15) is 0 Å². The van der Waals surface area contributed by atoms with E-state index in [1.807, 2.05) is 0 Å². The second-order valence-corrected chi connectivity index (χ2v) is 12.2. The Balaban J connectivity index is 1.65. The molecule has 1 N–H and O–H groups in total. The highest BCUT2D eigenvalue weighted by atomic mass is 16.3. The molecule has 3 nitrogen and oxygen atoms in total. The molecule has 0 saturated heterocycles. The van der Waals surface area contributed by atoms with E-state index in [0.29, 0.717) is 36.5 Å². The zero-order valence-electron chi connectivity index (χ0n) is 20.4. The van der Waals surface area contributed by atoms with Crippen molar-refractivity contribution in [3.05, 3.63) is 23.8 Å². The SMILES string of the molecule is CC(C)[C@@H](C)/C=C/[C@@H](C)[C@H]1CC[C@@]2(O)C3=CC(=O)C4CC(=O)CC[C@]4(C)[C@H]3CC[C@]12C. The third-order valence-electron chi connectivity index (χ3n) is 10.4. The van der Waals surface area contributed by atoms with Crippen LogP contribution in [0, 0.1) is 46.3 Å². The lowest BCUT2D eigenvalue weighted by Crippen LogP contribution is -2.59. The van der Waals surface area contributed by atoms with Crippen molar-refractivity contribution < 1.29 is 14.7 Å². The van der Waals surface area contributed by atoms with Gasteiger partial charge < -0.3 is 5.11 Å². The first-order valence-corrected chi connectivity index (χ1v) is 12.6. The Labute approximate surface area is 188 Å². The Bertz CT molecular complexity index is 822. The molecule has 3 saturated carbocycles. The zero-order chi connectivity index (χ0) is 22.8.